The van der Waals surface area contributed by atoms with E-state index in [0.717, 1.165) is 0 Å². The number of oxime groups is 1. The number of phenols is 1. The molecule has 0 saturated heterocycles. The number of ether oxygens (including phenoxy) is 1. The van der Waals surface area contributed by atoms with E-state index in [1.807, 2.05) is 0 Å². The monoisotopic (exact) mass is 406 g/mol. The molecule has 25 heavy (non-hydrogen) atoms. The summed E-state index contributed by atoms with van der Waals surface area (Å²) in [6.07, 6.45) is 0. The van der Waals surface area contributed by atoms with E-state index in [2.05, 4.69) is 36.7 Å². The van der Waals surface area contributed by atoms with Crippen molar-refractivity contribution in [2.45, 2.75) is 6.04 Å². The number of phenolic OH excluding ortho intramolecular Hbond substituents is 1. The number of carbonyl (C=O) groups is 1. The van der Waals surface area contributed by atoms with Gasteiger partial charge in [0.25, 0.3) is 5.91 Å². The van der Waals surface area contributed by atoms with Crippen molar-refractivity contribution in [3.05, 3.63) is 46.6 Å². The van der Waals surface area contributed by atoms with Crippen LogP contribution in [-0.4, -0.2) is 41.6 Å². The first kappa shape index (κ1) is 17.0. The maximum atomic E-state index is 12.4. The molecule has 1 atom stereocenters. The molecule has 9 heteroatoms. The molecule has 1 unspecified atom stereocenters. The van der Waals surface area contributed by atoms with Gasteiger partial charge in [0.1, 0.15) is 24.1 Å². The standard InChI is InChI=1S/C16H15BrN4O4/c1-24-16-9(17)6-7-11(20-16)14-18-12(8-25-21-14)15(23)19-10-4-2-3-5-13(10)22/h2-7,12,22H,8H2,1H3,(H,18,21)(H,19,23). The van der Waals surface area contributed by atoms with Crippen LogP contribution < -0.4 is 15.4 Å². The second-order valence-electron chi connectivity index (χ2n) is 5.13. The van der Waals surface area contributed by atoms with Crippen molar-refractivity contribution in [3.63, 3.8) is 0 Å². The van der Waals surface area contributed by atoms with E-state index in [1.165, 1.54) is 13.2 Å². The second kappa shape index (κ2) is 7.39. The summed E-state index contributed by atoms with van der Waals surface area (Å²) >= 11 is 3.33. The minimum absolute atomic E-state index is 0.0132. The lowest BCUT2D eigenvalue weighted by molar-refractivity contribution is -0.119. The highest BCUT2D eigenvalue weighted by atomic mass is 79.9. The molecule has 8 nitrogen and oxygen atoms in total. The number of para-hydroxylation sites is 2. The summed E-state index contributed by atoms with van der Waals surface area (Å²) in [6, 6.07) is 9.26. The molecule has 0 fully saturated rings. The molecule has 1 aromatic heterocycles. The molecule has 130 valence electrons. The van der Waals surface area contributed by atoms with Crippen molar-refractivity contribution in [1.82, 2.24) is 10.3 Å². The first-order valence-corrected chi connectivity index (χ1v) is 8.14. The van der Waals surface area contributed by atoms with Gasteiger partial charge in [0.15, 0.2) is 5.84 Å². The van der Waals surface area contributed by atoms with Gasteiger partial charge in [0.2, 0.25) is 5.88 Å². The number of aromatic nitrogens is 1. The molecule has 1 amide bonds. The Morgan fingerprint density at radius 2 is 2.20 bits per heavy atom. The molecule has 0 radical (unpaired) electrons. The fraction of sp³-hybridized carbons (Fsp3) is 0.188. The molecule has 0 saturated carbocycles. The van der Waals surface area contributed by atoms with Crippen molar-refractivity contribution in [2.75, 3.05) is 19.0 Å². The molecular formula is C16H15BrN4O4. The van der Waals surface area contributed by atoms with Gasteiger partial charge >= 0.3 is 0 Å². The van der Waals surface area contributed by atoms with Crippen LogP contribution in [0.5, 0.6) is 11.6 Å². The summed E-state index contributed by atoms with van der Waals surface area (Å²) in [5, 5.41) is 19.3. The summed E-state index contributed by atoms with van der Waals surface area (Å²) in [6.45, 7) is 0.0522. The van der Waals surface area contributed by atoms with Crippen molar-refractivity contribution in [3.8, 4) is 11.6 Å². The number of hydrogen-bond acceptors (Lipinski definition) is 7. The molecule has 3 rings (SSSR count). The number of amidine groups is 1. The van der Waals surface area contributed by atoms with E-state index < -0.39 is 6.04 Å². The van der Waals surface area contributed by atoms with Crippen LogP contribution in [0.25, 0.3) is 0 Å². The second-order valence-corrected chi connectivity index (χ2v) is 5.98. The van der Waals surface area contributed by atoms with Crippen LogP contribution in [0.15, 0.2) is 46.0 Å². The van der Waals surface area contributed by atoms with Crippen LogP contribution in [0.2, 0.25) is 0 Å². The highest BCUT2D eigenvalue weighted by Crippen LogP contribution is 2.23. The summed E-state index contributed by atoms with van der Waals surface area (Å²) in [5.74, 6) is 0.330. The molecule has 0 spiro atoms. The fourth-order valence-electron chi connectivity index (χ4n) is 2.17. The number of amides is 1. The lowest BCUT2D eigenvalue weighted by Crippen LogP contribution is -2.49. The Morgan fingerprint density at radius 1 is 1.40 bits per heavy atom. The van der Waals surface area contributed by atoms with Gasteiger partial charge in [-0.25, -0.2) is 4.98 Å². The van der Waals surface area contributed by atoms with E-state index in [9.17, 15) is 9.90 Å². The van der Waals surface area contributed by atoms with Crippen molar-refractivity contribution in [1.29, 1.82) is 0 Å². The van der Waals surface area contributed by atoms with E-state index in [4.69, 9.17) is 9.57 Å². The van der Waals surface area contributed by atoms with Gasteiger partial charge in [-0.1, -0.05) is 17.3 Å². The maximum absolute atomic E-state index is 12.4. The maximum Gasteiger partial charge on any atom is 0.250 e. The third-order valence-electron chi connectivity index (χ3n) is 3.44. The molecule has 1 aliphatic rings. The molecule has 1 aromatic carbocycles. The topological polar surface area (TPSA) is 105 Å². The zero-order chi connectivity index (χ0) is 17.8. The number of nitrogens with zero attached hydrogens (tertiary/aromatic N) is 2. The first-order chi connectivity index (χ1) is 12.1. The summed E-state index contributed by atoms with van der Waals surface area (Å²) in [4.78, 5) is 21.8. The van der Waals surface area contributed by atoms with Gasteiger partial charge in [-0.2, -0.15) is 0 Å². The van der Waals surface area contributed by atoms with Crippen molar-refractivity contribution in [2.24, 2.45) is 5.16 Å². The predicted molar refractivity (Wildman–Crippen MR) is 94.6 cm³/mol. The van der Waals surface area contributed by atoms with Crippen LogP contribution in [0, 0.1) is 0 Å². The molecular weight excluding hydrogens is 392 g/mol. The Morgan fingerprint density at radius 3 is 2.96 bits per heavy atom. The van der Waals surface area contributed by atoms with Crippen LogP contribution in [0.4, 0.5) is 5.69 Å². The van der Waals surface area contributed by atoms with E-state index in [1.54, 1.807) is 30.3 Å². The van der Waals surface area contributed by atoms with E-state index >= 15 is 0 Å². The number of carbonyl (C=O) groups excluding carboxylic acids is 1. The van der Waals surface area contributed by atoms with Gasteiger partial charge < -0.3 is 25.3 Å². The lowest BCUT2D eigenvalue weighted by atomic mass is 10.2. The number of halogens is 1. The zero-order valence-corrected chi connectivity index (χ0v) is 14.8. The number of benzene rings is 1. The molecule has 2 aromatic rings. The zero-order valence-electron chi connectivity index (χ0n) is 13.2. The third-order valence-corrected chi connectivity index (χ3v) is 4.04. The summed E-state index contributed by atoms with van der Waals surface area (Å²) in [5.41, 5.74) is 0.793. The Balaban J connectivity index is 1.73. The van der Waals surface area contributed by atoms with Gasteiger partial charge in [0.05, 0.1) is 17.3 Å². The normalized spacial score (nSPS) is 16.2. The number of aromatic hydroxyl groups is 1. The SMILES string of the molecule is COc1nc(C2=NOCC(C(=O)Nc3ccccc3O)N2)ccc1Br. The Kier molecular flexibility index (Phi) is 5.03. The number of methoxy groups -OCH3 is 1. The summed E-state index contributed by atoms with van der Waals surface area (Å²) < 4.78 is 5.85. The average molecular weight is 407 g/mol. The van der Waals surface area contributed by atoms with Gasteiger partial charge in [0, 0.05) is 0 Å². The smallest absolute Gasteiger partial charge is 0.250 e. The van der Waals surface area contributed by atoms with Crippen LogP contribution in [0.1, 0.15) is 5.69 Å². The Bertz CT molecular complexity index is 828. The van der Waals surface area contributed by atoms with E-state index in [-0.39, 0.29) is 18.3 Å². The number of rotatable bonds is 4. The van der Waals surface area contributed by atoms with Gasteiger partial charge in [-0.3, -0.25) is 4.79 Å². The van der Waals surface area contributed by atoms with Crippen LogP contribution in [-0.2, 0) is 9.63 Å². The number of nitrogens with one attached hydrogen (secondary N) is 2. The van der Waals surface area contributed by atoms with Crippen molar-refractivity contribution >= 4 is 33.4 Å². The van der Waals surface area contributed by atoms with Gasteiger partial charge in [-0.05, 0) is 40.2 Å². The fourth-order valence-corrected chi connectivity index (χ4v) is 2.55. The van der Waals surface area contributed by atoms with Crippen LogP contribution >= 0.6 is 15.9 Å². The van der Waals surface area contributed by atoms with Crippen LogP contribution in [0.3, 0.4) is 0 Å². The highest BCUT2D eigenvalue weighted by molar-refractivity contribution is 9.10. The Labute approximate surface area is 152 Å². The highest BCUT2D eigenvalue weighted by Gasteiger charge is 2.26. The number of pyridine rings is 1. The van der Waals surface area contributed by atoms with Crippen molar-refractivity contribution < 1.29 is 19.5 Å². The minimum Gasteiger partial charge on any atom is -0.506 e. The number of hydrogen-bond donors (Lipinski definition) is 3. The molecule has 3 N–H and O–H groups in total. The third kappa shape index (κ3) is 3.82. The summed E-state index contributed by atoms with van der Waals surface area (Å²) in [7, 11) is 1.51. The quantitative estimate of drug-likeness (QED) is 0.669. The largest absolute Gasteiger partial charge is 0.506 e. The molecule has 2 heterocycles. The van der Waals surface area contributed by atoms with E-state index in [0.29, 0.717) is 27.6 Å². The number of anilines is 1. The molecule has 0 bridgehead atoms. The molecule has 0 aliphatic carbocycles. The minimum atomic E-state index is -0.691. The lowest BCUT2D eigenvalue weighted by Gasteiger charge is -2.23. The first-order valence-electron chi connectivity index (χ1n) is 7.34. The molecule has 1 aliphatic heterocycles. The Hall–Kier alpha value is -2.81. The predicted octanol–water partition coefficient (Wildman–Crippen LogP) is 1.85. The average Bonchev–Trinajstić information content (AvgIpc) is 2.64. The van der Waals surface area contributed by atoms with Gasteiger partial charge in [-0.15, -0.1) is 0 Å².